The summed E-state index contributed by atoms with van der Waals surface area (Å²) in [5, 5.41) is 10.8. The van der Waals surface area contributed by atoms with Crippen molar-refractivity contribution in [2.75, 3.05) is 0 Å². The van der Waals surface area contributed by atoms with Gasteiger partial charge in [0.25, 0.3) is 0 Å². The molecule has 2 bridgehead atoms. The molecular weight excluding hydrogens is 284 g/mol. The molecular formula is C21H22O2. The molecule has 5 atom stereocenters. The first-order valence-corrected chi connectivity index (χ1v) is 8.54. The molecule has 2 fully saturated rings. The molecule has 2 saturated carbocycles. The Morgan fingerprint density at radius 2 is 1.30 bits per heavy atom. The van der Waals surface area contributed by atoms with Crippen molar-refractivity contribution in [2.45, 2.75) is 37.2 Å². The van der Waals surface area contributed by atoms with Crippen LogP contribution in [0.2, 0.25) is 0 Å². The van der Waals surface area contributed by atoms with Crippen LogP contribution in [0, 0.1) is 11.8 Å². The van der Waals surface area contributed by atoms with Crippen molar-refractivity contribution in [2.24, 2.45) is 11.8 Å². The van der Waals surface area contributed by atoms with E-state index >= 15 is 0 Å². The van der Waals surface area contributed by atoms with E-state index in [0.717, 1.165) is 6.42 Å². The molecule has 0 spiro atoms. The number of hydrogen-bond donors (Lipinski definition) is 1. The first-order valence-electron chi connectivity index (χ1n) is 8.54. The quantitative estimate of drug-likeness (QED) is 0.913. The molecule has 0 amide bonds. The lowest BCUT2D eigenvalue weighted by Crippen LogP contribution is -2.45. The van der Waals surface area contributed by atoms with Gasteiger partial charge in [-0.25, -0.2) is 0 Å². The van der Waals surface area contributed by atoms with Crippen LogP contribution in [-0.2, 0) is 4.79 Å². The molecule has 4 rings (SSSR count). The fourth-order valence-corrected chi connectivity index (χ4v) is 4.66. The number of ketones is 1. The molecule has 1 N–H and O–H groups in total. The lowest BCUT2D eigenvalue weighted by atomic mass is 9.58. The lowest BCUT2D eigenvalue weighted by Gasteiger charge is -2.46. The summed E-state index contributed by atoms with van der Waals surface area (Å²) in [4.78, 5) is 12.8. The maximum Gasteiger partial charge on any atom is 0.137 e. The number of Topliss-reactive ketones (excluding diaryl/α,β-unsaturated/α-hetero) is 1. The predicted molar refractivity (Wildman–Crippen MR) is 90.2 cm³/mol. The molecule has 2 aliphatic carbocycles. The van der Waals surface area contributed by atoms with Crippen molar-refractivity contribution in [3.8, 4) is 0 Å². The highest BCUT2D eigenvalue weighted by Gasteiger charge is 2.48. The van der Waals surface area contributed by atoms with Gasteiger partial charge in [0.15, 0.2) is 0 Å². The number of fused-ring (bicyclic) bond motifs is 2. The second-order valence-corrected chi connectivity index (χ2v) is 7.01. The van der Waals surface area contributed by atoms with Gasteiger partial charge in [0.2, 0.25) is 0 Å². The molecule has 0 saturated heterocycles. The summed E-state index contributed by atoms with van der Waals surface area (Å²) in [5.41, 5.74) is 2.39. The highest BCUT2D eigenvalue weighted by molar-refractivity contribution is 5.84. The molecule has 0 aromatic heterocycles. The summed E-state index contributed by atoms with van der Waals surface area (Å²) in [6, 6.07) is 20.5. The van der Waals surface area contributed by atoms with Crippen molar-refractivity contribution in [3.05, 3.63) is 71.8 Å². The molecule has 2 nitrogen and oxygen atoms in total. The van der Waals surface area contributed by atoms with Crippen molar-refractivity contribution >= 4 is 5.78 Å². The lowest BCUT2D eigenvalue weighted by molar-refractivity contribution is -0.132. The predicted octanol–water partition coefficient (Wildman–Crippen LogP) is 3.91. The van der Waals surface area contributed by atoms with E-state index < -0.39 is 0 Å². The zero-order valence-electron chi connectivity index (χ0n) is 13.1. The van der Waals surface area contributed by atoms with E-state index in [-0.39, 0.29) is 29.8 Å². The zero-order valence-corrected chi connectivity index (χ0v) is 13.1. The Morgan fingerprint density at radius 3 is 1.91 bits per heavy atom. The number of hydrogen-bond acceptors (Lipinski definition) is 2. The second-order valence-electron chi connectivity index (χ2n) is 7.01. The highest BCUT2D eigenvalue weighted by Crippen LogP contribution is 2.51. The minimum absolute atomic E-state index is 0.0748. The van der Waals surface area contributed by atoms with Crippen LogP contribution in [0.1, 0.15) is 42.2 Å². The van der Waals surface area contributed by atoms with E-state index in [0.29, 0.717) is 18.6 Å². The van der Waals surface area contributed by atoms with Crippen molar-refractivity contribution in [1.29, 1.82) is 0 Å². The van der Waals surface area contributed by atoms with Crippen molar-refractivity contribution < 1.29 is 9.90 Å². The molecule has 2 aromatic rings. The Morgan fingerprint density at radius 1 is 0.739 bits per heavy atom. The van der Waals surface area contributed by atoms with Crippen LogP contribution in [0.15, 0.2) is 60.7 Å². The molecule has 2 aromatic carbocycles. The summed E-state index contributed by atoms with van der Waals surface area (Å²) in [7, 11) is 0. The molecule has 0 radical (unpaired) electrons. The smallest absolute Gasteiger partial charge is 0.137 e. The number of aliphatic hydroxyl groups is 1. The van der Waals surface area contributed by atoms with E-state index in [9.17, 15) is 9.90 Å². The van der Waals surface area contributed by atoms with Crippen LogP contribution >= 0.6 is 0 Å². The maximum atomic E-state index is 12.8. The average molecular weight is 306 g/mol. The number of rotatable bonds is 2. The van der Waals surface area contributed by atoms with Gasteiger partial charge in [0.1, 0.15) is 5.78 Å². The zero-order chi connectivity index (χ0) is 15.8. The third-order valence-corrected chi connectivity index (χ3v) is 5.81. The molecule has 2 aliphatic rings. The van der Waals surface area contributed by atoms with Gasteiger partial charge in [-0.3, -0.25) is 4.79 Å². The van der Waals surface area contributed by atoms with Crippen LogP contribution in [-0.4, -0.2) is 17.0 Å². The summed E-state index contributed by atoms with van der Waals surface area (Å²) in [6.07, 6.45) is 1.77. The highest BCUT2D eigenvalue weighted by atomic mass is 16.3. The van der Waals surface area contributed by atoms with Crippen LogP contribution in [0.5, 0.6) is 0 Å². The summed E-state index contributed by atoms with van der Waals surface area (Å²) in [6.45, 7) is 0. The van der Waals surface area contributed by atoms with Crippen molar-refractivity contribution in [1.82, 2.24) is 0 Å². The Balaban J connectivity index is 1.64. The van der Waals surface area contributed by atoms with Crippen LogP contribution in [0.3, 0.4) is 0 Å². The molecule has 0 unspecified atom stereocenters. The van der Waals surface area contributed by atoms with E-state index in [1.165, 1.54) is 11.1 Å². The summed E-state index contributed by atoms with van der Waals surface area (Å²) < 4.78 is 0. The Bertz CT molecular complexity index is 642. The summed E-state index contributed by atoms with van der Waals surface area (Å²) >= 11 is 0. The maximum absolute atomic E-state index is 12.8. The minimum Gasteiger partial charge on any atom is -0.393 e. The van der Waals surface area contributed by atoms with Gasteiger partial charge in [-0.15, -0.1) is 0 Å². The van der Waals surface area contributed by atoms with Gasteiger partial charge in [-0.05, 0) is 41.7 Å². The van der Waals surface area contributed by atoms with Crippen LogP contribution in [0.25, 0.3) is 0 Å². The molecule has 2 heteroatoms. The second kappa shape index (κ2) is 5.93. The van der Waals surface area contributed by atoms with Crippen LogP contribution in [0.4, 0.5) is 0 Å². The van der Waals surface area contributed by atoms with Gasteiger partial charge in [-0.1, -0.05) is 60.7 Å². The standard InChI is InChI=1S/C21H22O2/c22-20-12-16(14-7-3-1-4-8-14)18-11-19(20)17(13-21(18)23)15-9-5-2-6-10-15/h1-10,16-20,22H,11-13H2/t16-,17-,18+,19+,20-/m0/s1. The Hall–Kier alpha value is -1.93. The Labute approximate surface area is 137 Å². The van der Waals surface area contributed by atoms with E-state index in [1.54, 1.807) is 0 Å². The average Bonchev–Trinajstić information content (AvgIpc) is 2.61. The number of carbonyl (C=O) groups is 1. The van der Waals surface area contributed by atoms with Gasteiger partial charge in [-0.2, -0.15) is 0 Å². The van der Waals surface area contributed by atoms with Gasteiger partial charge in [0.05, 0.1) is 6.10 Å². The minimum atomic E-state index is -0.324. The largest absolute Gasteiger partial charge is 0.393 e. The fraction of sp³-hybridized carbons (Fsp3) is 0.381. The van der Waals surface area contributed by atoms with Gasteiger partial charge < -0.3 is 5.11 Å². The van der Waals surface area contributed by atoms with E-state index in [4.69, 9.17) is 0 Å². The monoisotopic (exact) mass is 306 g/mol. The first-order chi connectivity index (χ1) is 11.2. The first kappa shape index (κ1) is 14.6. The number of benzene rings is 2. The topological polar surface area (TPSA) is 37.3 Å². The van der Waals surface area contributed by atoms with Crippen molar-refractivity contribution in [3.63, 3.8) is 0 Å². The third kappa shape index (κ3) is 2.61. The molecule has 23 heavy (non-hydrogen) atoms. The van der Waals surface area contributed by atoms with Crippen LogP contribution < -0.4 is 0 Å². The number of carbonyl (C=O) groups excluding carboxylic acids is 1. The third-order valence-electron chi connectivity index (χ3n) is 5.81. The van der Waals surface area contributed by atoms with E-state index in [2.05, 4.69) is 24.3 Å². The normalized spacial score (nSPS) is 33.4. The molecule has 0 aliphatic heterocycles. The summed E-state index contributed by atoms with van der Waals surface area (Å²) in [5.74, 6) is 1.00. The molecule has 0 heterocycles. The van der Waals surface area contributed by atoms with Gasteiger partial charge >= 0.3 is 0 Å². The Kier molecular flexibility index (Phi) is 3.78. The van der Waals surface area contributed by atoms with E-state index in [1.807, 2.05) is 36.4 Å². The fourth-order valence-electron chi connectivity index (χ4n) is 4.66. The van der Waals surface area contributed by atoms with Gasteiger partial charge in [0, 0.05) is 12.3 Å². The SMILES string of the molecule is O=C1C[C@@H](c2ccccc2)[C@H]2C[C@@H]1[C@H](c1ccccc1)C[C@@H]2O. The number of aliphatic hydroxyl groups excluding tert-OH is 1. The molecule has 118 valence electrons.